The number of anilines is 1. The Kier molecular flexibility index (Phi) is 4.95. The number of esters is 1. The van der Waals surface area contributed by atoms with Gasteiger partial charge in [0.15, 0.2) is 6.10 Å². The Morgan fingerprint density at radius 1 is 1.03 bits per heavy atom. The zero-order valence-electron chi connectivity index (χ0n) is 16.4. The minimum atomic E-state index is -1.08. The molecule has 0 saturated carbocycles. The van der Waals surface area contributed by atoms with E-state index < -0.39 is 18.0 Å². The van der Waals surface area contributed by atoms with E-state index in [1.165, 1.54) is 6.92 Å². The zero-order chi connectivity index (χ0) is 21.3. The van der Waals surface area contributed by atoms with Gasteiger partial charge in [-0.2, -0.15) is 5.26 Å². The van der Waals surface area contributed by atoms with Crippen LogP contribution in [0.1, 0.15) is 28.6 Å². The standard InChI is InChI=1S/C24H18N2O4/c1-14-18-12-11-16-7-3-5-9-19(16)22(18)30-21(14)24(28)29-15(2)23(27)26-20-10-6-4-8-17(20)13-25/h3-12,15H,1-2H3,(H,26,27)/t15-/m1/s1. The lowest BCUT2D eigenvalue weighted by Gasteiger charge is -2.13. The Bertz CT molecular complexity index is 1330. The lowest BCUT2D eigenvalue weighted by atomic mass is 10.1. The van der Waals surface area contributed by atoms with E-state index in [1.54, 1.807) is 31.2 Å². The summed E-state index contributed by atoms with van der Waals surface area (Å²) in [7, 11) is 0. The minimum Gasteiger partial charge on any atom is -0.448 e. The SMILES string of the molecule is Cc1c(C(=O)O[C@H](C)C(=O)Nc2ccccc2C#N)oc2c1ccc1ccccc12. The number of aryl methyl sites for hydroxylation is 1. The maximum atomic E-state index is 12.7. The molecular formula is C24H18N2O4. The van der Waals surface area contributed by atoms with Gasteiger partial charge in [-0.05, 0) is 31.4 Å². The number of carbonyl (C=O) groups excluding carboxylic acids is 2. The number of furan rings is 1. The monoisotopic (exact) mass is 398 g/mol. The van der Waals surface area contributed by atoms with Crippen molar-refractivity contribution < 1.29 is 18.7 Å². The van der Waals surface area contributed by atoms with Gasteiger partial charge in [0.2, 0.25) is 5.76 Å². The Balaban J connectivity index is 1.57. The second kappa shape index (κ2) is 7.72. The molecular weight excluding hydrogens is 380 g/mol. The minimum absolute atomic E-state index is 0.0680. The highest BCUT2D eigenvalue weighted by molar-refractivity contribution is 6.08. The number of rotatable bonds is 4. The molecule has 1 aromatic heterocycles. The number of nitrogens with zero attached hydrogens (tertiary/aromatic N) is 1. The highest BCUT2D eigenvalue weighted by Gasteiger charge is 2.25. The van der Waals surface area contributed by atoms with Crippen LogP contribution in [0.15, 0.2) is 65.1 Å². The molecule has 1 N–H and O–H groups in total. The van der Waals surface area contributed by atoms with Crippen molar-refractivity contribution in [2.75, 3.05) is 5.32 Å². The molecule has 0 spiro atoms. The molecule has 6 nitrogen and oxygen atoms in total. The van der Waals surface area contributed by atoms with Gasteiger partial charge in [-0.25, -0.2) is 4.79 Å². The highest BCUT2D eigenvalue weighted by Crippen LogP contribution is 2.32. The molecule has 0 bridgehead atoms. The summed E-state index contributed by atoms with van der Waals surface area (Å²) in [4.78, 5) is 25.2. The Morgan fingerprint density at radius 2 is 1.77 bits per heavy atom. The van der Waals surface area contributed by atoms with Crippen LogP contribution >= 0.6 is 0 Å². The van der Waals surface area contributed by atoms with Crippen LogP contribution in [0.25, 0.3) is 21.7 Å². The first-order chi connectivity index (χ1) is 14.5. The summed E-state index contributed by atoms with van der Waals surface area (Å²) in [6, 6.07) is 20.2. The summed E-state index contributed by atoms with van der Waals surface area (Å²) in [6.45, 7) is 3.25. The second-order valence-corrected chi connectivity index (χ2v) is 6.91. The maximum Gasteiger partial charge on any atom is 0.375 e. The van der Waals surface area contributed by atoms with Crippen LogP contribution in [0.4, 0.5) is 5.69 Å². The van der Waals surface area contributed by atoms with Gasteiger partial charge in [0.1, 0.15) is 11.7 Å². The maximum absolute atomic E-state index is 12.7. The molecule has 0 aliphatic rings. The lowest BCUT2D eigenvalue weighted by molar-refractivity contribution is -0.123. The molecule has 1 amide bonds. The van der Waals surface area contributed by atoms with Crippen molar-refractivity contribution in [1.82, 2.24) is 0 Å². The first kappa shape index (κ1) is 19.2. The number of hydrogen-bond donors (Lipinski definition) is 1. The second-order valence-electron chi connectivity index (χ2n) is 6.91. The van der Waals surface area contributed by atoms with Crippen molar-refractivity contribution in [1.29, 1.82) is 5.26 Å². The van der Waals surface area contributed by atoms with E-state index in [-0.39, 0.29) is 5.76 Å². The predicted octanol–water partition coefficient (Wildman–Crippen LogP) is 4.95. The molecule has 4 rings (SSSR count). The molecule has 30 heavy (non-hydrogen) atoms. The number of carbonyl (C=O) groups is 2. The third-order valence-corrected chi connectivity index (χ3v) is 4.97. The Labute approximate surface area is 172 Å². The smallest absolute Gasteiger partial charge is 0.375 e. The summed E-state index contributed by atoms with van der Waals surface area (Å²) in [5.41, 5.74) is 1.95. The molecule has 6 heteroatoms. The van der Waals surface area contributed by atoms with Crippen molar-refractivity contribution >= 4 is 39.3 Å². The van der Waals surface area contributed by atoms with Crippen LogP contribution in [0.2, 0.25) is 0 Å². The number of nitriles is 1. The van der Waals surface area contributed by atoms with Gasteiger partial charge in [-0.1, -0.05) is 48.5 Å². The Morgan fingerprint density at radius 3 is 2.57 bits per heavy atom. The van der Waals surface area contributed by atoms with E-state index in [1.807, 2.05) is 42.5 Å². The van der Waals surface area contributed by atoms with Crippen LogP contribution in [-0.2, 0) is 9.53 Å². The van der Waals surface area contributed by atoms with Crippen LogP contribution < -0.4 is 5.32 Å². The molecule has 0 aliphatic carbocycles. The highest BCUT2D eigenvalue weighted by atomic mass is 16.6. The zero-order valence-corrected chi connectivity index (χ0v) is 16.4. The number of ether oxygens (including phenoxy) is 1. The van der Waals surface area contributed by atoms with E-state index in [0.29, 0.717) is 22.4 Å². The van der Waals surface area contributed by atoms with Crippen molar-refractivity contribution in [3.63, 3.8) is 0 Å². The number of nitrogens with one attached hydrogen (secondary N) is 1. The third kappa shape index (κ3) is 3.38. The van der Waals surface area contributed by atoms with Gasteiger partial charge in [-0.3, -0.25) is 4.79 Å². The van der Waals surface area contributed by atoms with Crippen molar-refractivity contribution in [3.8, 4) is 6.07 Å². The van der Waals surface area contributed by atoms with Crippen LogP contribution in [0, 0.1) is 18.3 Å². The predicted molar refractivity (Wildman–Crippen MR) is 113 cm³/mol. The Hall–Kier alpha value is -4.11. The first-order valence-corrected chi connectivity index (χ1v) is 9.41. The molecule has 0 radical (unpaired) electrons. The molecule has 4 aromatic rings. The van der Waals surface area contributed by atoms with Gasteiger partial charge in [0, 0.05) is 16.3 Å². The molecule has 1 atom stereocenters. The number of amides is 1. The molecule has 1 heterocycles. The van der Waals surface area contributed by atoms with E-state index in [0.717, 1.165) is 16.2 Å². The molecule has 148 valence electrons. The quantitative estimate of drug-likeness (QED) is 0.491. The summed E-state index contributed by atoms with van der Waals surface area (Å²) >= 11 is 0. The molecule has 3 aromatic carbocycles. The van der Waals surface area contributed by atoms with E-state index >= 15 is 0 Å². The summed E-state index contributed by atoms with van der Waals surface area (Å²) < 4.78 is 11.2. The van der Waals surface area contributed by atoms with Crippen LogP contribution in [-0.4, -0.2) is 18.0 Å². The summed E-state index contributed by atoms with van der Waals surface area (Å²) in [6.07, 6.45) is -1.08. The number of benzene rings is 3. The average Bonchev–Trinajstić information content (AvgIpc) is 3.11. The fraction of sp³-hybridized carbons (Fsp3) is 0.125. The fourth-order valence-electron chi connectivity index (χ4n) is 3.34. The lowest BCUT2D eigenvalue weighted by Crippen LogP contribution is -2.30. The fourth-order valence-corrected chi connectivity index (χ4v) is 3.34. The van der Waals surface area contributed by atoms with E-state index in [4.69, 9.17) is 14.4 Å². The summed E-state index contributed by atoms with van der Waals surface area (Å²) in [5.74, 6) is -1.19. The van der Waals surface area contributed by atoms with Crippen molar-refractivity contribution in [2.24, 2.45) is 0 Å². The number of fused-ring (bicyclic) bond motifs is 3. The molecule has 0 fully saturated rings. The van der Waals surface area contributed by atoms with Gasteiger partial charge in [0.25, 0.3) is 5.91 Å². The number of para-hydroxylation sites is 1. The number of hydrogen-bond acceptors (Lipinski definition) is 5. The topological polar surface area (TPSA) is 92.3 Å². The van der Waals surface area contributed by atoms with E-state index in [2.05, 4.69) is 5.32 Å². The first-order valence-electron chi connectivity index (χ1n) is 9.41. The van der Waals surface area contributed by atoms with Gasteiger partial charge < -0.3 is 14.5 Å². The van der Waals surface area contributed by atoms with Gasteiger partial charge >= 0.3 is 5.97 Å². The van der Waals surface area contributed by atoms with Gasteiger partial charge in [0.05, 0.1) is 11.3 Å². The molecule has 0 saturated heterocycles. The van der Waals surface area contributed by atoms with Crippen LogP contribution in [0.5, 0.6) is 0 Å². The van der Waals surface area contributed by atoms with Gasteiger partial charge in [-0.15, -0.1) is 0 Å². The van der Waals surface area contributed by atoms with Crippen molar-refractivity contribution in [3.05, 3.63) is 77.6 Å². The van der Waals surface area contributed by atoms with Crippen molar-refractivity contribution in [2.45, 2.75) is 20.0 Å². The normalized spacial score (nSPS) is 11.8. The third-order valence-electron chi connectivity index (χ3n) is 4.97. The largest absolute Gasteiger partial charge is 0.448 e. The molecule has 0 aliphatic heterocycles. The summed E-state index contributed by atoms with van der Waals surface area (Å²) in [5, 5.41) is 14.5. The molecule has 0 unspecified atom stereocenters. The van der Waals surface area contributed by atoms with E-state index in [9.17, 15) is 9.59 Å². The average molecular weight is 398 g/mol. The van der Waals surface area contributed by atoms with Crippen LogP contribution in [0.3, 0.4) is 0 Å².